The minimum atomic E-state index is -0.0800. The molecular weight excluding hydrogens is 338 g/mol. The molecule has 27 heavy (non-hydrogen) atoms. The number of hydrogen-bond donors (Lipinski definition) is 2. The second-order valence-corrected chi connectivity index (χ2v) is 7.49. The molecule has 0 unspecified atom stereocenters. The lowest BCUT2D eigenvalue weighted by Crippen LogP contribution is -2.20. The van der Waals surface area contributed by atoms with Crippen LogP contribution in [0, 0.1) is 5.92 Å². The SMILES string of the molecule is CCc1nc2ccccc2n1CC(=O)Nc1cc(CC2CCCCC2)[nH]n1. The Morgan fingerprint density at radius 2 is 2.07 bits per heavy atom. The van der Waals surface area contributed by atoms with E-state index in [0.29, 0.717) is 5.82 Å². The fourth-order valence-electron chi connectivity index (χ4n) is 4.13. The molecule has 2 N–H and O–H groups in total. The molecule has 0 saturated heterocycles. The van der Waals surface area contributed by atoms with Crippen molar-refractivity contribution in [3.8, 4) is 0 Å². The van der Waals surface area contributed by atoms with Crippen molar-refractivity contribution < 1.29 is 4.79 Å². The van der Waals surface area contributed by atoms with Crippen molar-refractivity contribution in [1.29, 1.82) is 0 Å². The van der Waals surface area contributed by atoms with Crippen LogP contribution in [0.15, 0.2) is 30.3 Å². The molecule has 1 saturated carbocycles. The summed E-state index contributed by atoms with van der Waals surface area (Å²) in [6.45, 7) is 2.30. The van der Waals surface area contributed by atoms with E-state index in [-0.39, 0.29) is 12.5 Å². The normalized spacial score (nSPS) is 15.3. The number of para-hydroxylation sites is 2. The third-order valence-electron chi connectivity index (χ3n) is 5.48. The molecule has 0 radical (unpaired) electrons. The van der Waals surface area contributed by atoms with Gasteiger partial charge in [0, 0.05) is 18.2 Å². The van der Waals surface area contributed by atoms with Crippen LogP contribution in [-0.4, -0.2) is 25.7 Å². The van der Waals surface area contributed by atoms with Crippen LogP contribution in [0.4, 0.5) is 5.82 Å². The highest BCUT2D eigenvalue weighted by molar-refractivity contribution is 5.91. The Hall–Kier alpha value is -2.63. The first-order valence-corrected chi connectivity index (χ1v) is 10.0. The van der Waals surface area contributed by atoms with Gasteiger partial charge >= 0.3 is 0 Å². The number of aromatic nitrogens is 4. The standard InChI is InChI=1S/C21H27N5O/c1-2-20-22-17-10-6-7-11-18(17)26(20)14-21(27)23-19-13-16(24-25-19)12-15-8-4-3-5-9-15/h6-7,10-11,13,15H,2-5,8-9,12,14H2,1H3,(H2,23,24,25,27). The Morgan fingerprint density at radius 1 is 1.26 bits per heavy atom. The number of carbonyl (C=O) groups is 1. The van der Waals surface area contributed by atoms with E-state index in [1.54, 1.807) is 0 Å². The van der Waals surface area contributed by atoms with E-state index < -0.39 is 0 Å². The van der Waals surface area contributed by atoms with E-state index in [4.69, 9.17) is 0 Å². The maximum Gasteiger partial charge on any atom is 0.245 e. The summed E-state index contributed by atoms with van der Waals surface area (Å²) in [7, 11) is 0. The van der Waals surface area contributed by atoms with Crippen molar-refractivity contribution >= 4 is 22.8 Å². The zero-order chi connectivity index (χ0) is 18.6. The van der Waals surface area contributed by atoms with Gasteiger partial charge in [0.2, 0.25) is 5.91 Å². The van der Waals surface area contributed by atoms with E-state index in [1.165, 1.54) is 32.1 Å². The maximum absolute atomic E-state index is 12.6. The Labute approximate surface area is 159 Å². The molecule has 1 aliphatic carbocycles. The minimum Gasteiger partial charge on any atom is -0.318 e. The Morgan fingerprint density at radius 3 is 2.89 bits per heavy atom. The molecule has 3 aromatic rings. The number of nitrogens with one attached hydrogen (secondary N) is 2. The topological polar surface area (TPSA) is 75.6 Å². The molecule has 142 valence electrons. The molecular formula is C21H27N5O. The van der Waals surface area contributed by atoms with Crippen LogP contribution in [0.25, 0.3) is 11.0 Å². The van der Waals surface area contributed by atoms with Crippen molar-refractivity contribution in [3.63, 3.8) is 0 Å². The molecule has 0 bridgehead atoms. The molecule has 6 heteroatoms. The molecule has 6 nitrogen and oxygen atoms in total. The van der Waals surface area contributed by atoms with Crippen LogP contribution in [0.2, 0.25) is 0 Å². The number of carbonyl (C=O) groups excluding carboxylic acids is 1. The molecule has 2 aromatic heterocycles. The van der Waals surface area contributed by atoms with E-state index in [1.807, 2.05) is 34.9 Å². The number of rotatable bonds is 6. The zero-order valence-corrected chi connectivity index (χ0v) is 15.9. The van der Waals surface area contributed by atoms with Gasteiger partial charge in [-0.25, -0.2) is 4.98 Å². The second kappa shape index (κ2) is 7.94. The first kappa shape index (κ1) is 17.8. The lowest BCUT2D eigenvalue weighted by atomic mass is 9.86. The molecule has 1 amide bonds. The Bertz CT molecular complexity index is 920. The number of fused-ring (bicyclic) bond motifs is 1. The minimum absolute atomic E-state index is 0.0800. The molecule has 0 aliphatic heterocycles. The summed E-state index contributed by atoms with van der Waals surface area (Å²) in [6, 6.07) is 9.90. The summed E-state index contributed by atoms with van der Waals surface area (Å²) in [5.74, 6) is 2.19. The van der Waals surface area contributed by atoms with E-state index in [0.717, 1.165) is 41.3 Å². The molecule has 4 rings (SSSR count). The van der Waals surface area contributed by atoms with Crippen LogP contribution in [0.1, 0.15) is 50.5 Å². The predicted octanol–water partition coefficient (Wildman–Crippen LogP) is 4.08. The van der Waals surface area contributed by atoms with Crippen LogP contribution in [-0.2, 0) is 24.2 Å². The number of aromatic amines is 1. The maximum atomic E-state index is 12.6. The van der Waals surface area contributed by atoms with Crippen molar-refractivity contribution in [2.24, 2.45) is 5.92 Å². The number of benzene rings is 1. The summed E-state index contributed by atoms with van der Waals surface area (Å²) in [5.41, 5.74) is 3.03. The quantitative estimate of drug-likeness (QED) is 0.691. The summed E-state index contributed by atoms with van der Waals surface area (Å²) in [5, 5.41) is 10.3. The number of nitrogens with zero attached hydrogens (tertiary/aromatic N) is 3. The second-order valence-electron chi connectivity index (χ2n) is 7.49. The van der Waals surface area contributed by atoms with Gasteiger partial charge in [-0.05, 0) is 24.5 Å². The van der Waals surface area contributed by atoms with E-state index in [9.17, 15) is 4.79 Å². The number of imidazole rings is 1. The van der Waals surface area contributed by atoms with Gasteiger partial charge in [-0.3, -0.25) is 9.89 Å². The number of H-pyrrole nitrogens is 1. The molecule has 2 heterocycles. The fourth-order valence-corrected chi connectivity index (χ4v) is 4.13. The lowest BCUT2D eigenvalue weighted by molar-refractivity contribution is -0.116. The molecule has 1 aromatic carbocycles. The number of aryl methyl sites for hydroxylation is 1. The summed E-state index contributed by atoms with van der Waals surface area (Å²) in [6.07, 6.45) is 8.44. The summed E-state index contributed by atoms with van der Waals surface area (Å²) < 4.78 is 1.99. The first-order chi connectivity index (χ1) is 13.2. The highest BCUT2D eigenvalue weighted by Gasteiger charge is 2.16. The highest BCUT2D eigenvalue weighted by atomic mass is 16.2. The van der Waals surface area contributed by atoms with Crippen molar-refractivity contribution in [3.05, 3.63) is 41.9 Å². The molecule has 1 fully saturated rings. The van der Waals surface area contributed by atoms with Gasteiger partial charge in [0.05, 0.1) is 11.0 Å². The van der Waals surface area contributed by atoms with Crippen LogP contribution >= 0.6 is 0 Å². The third-order valence-corrected chi connectivity index (χ3v) is 5.48. The van der Waals surface area contributed by atoms with Gasteiger partial charge in [-0.1, -0.05) is 51.2 Å². The molecule has 0 spiro atoms. The van der Waals surface area contributed by atoms with E-state index in [2.05, 4.69) is 27.4 Å². The van der Waals surface area contributed by atoms with Gasteiger partial charge in [0.15, 0.2) is 5.82 Å². The van der Waals surface area contributed by atoms with Gasteiger partial charge in [-0.15, -0.1) is 0 Å². The molecule has 0 atom stereocenters. The van der Waals surface area contributed by atoms with E-state index >= 15 is 0 Å². The number of amides is 1. The van der Waals surface area contributed by atoms with Gasteiger partial charge < -0.3 is 9.88 Å². The average Bonchev–Trinajstić information content (AvgIpc) is 3.27. The average molecular weight is 365 g/mol. The van der Waals surface area contributed by atoms with Gasteiger partial charge in [-0.2, -0.15) is 5.10 Å². The van der Waals surface area contributed by atoms with Crippen molar-refractivity contribution in [2.75, 3.05) is 5.32 Å². The monoisotopic (exact) mass is 365 g/mol. The smallest absolute Gasteiger partial charge is 0.245 e. The van der Waals surface area contributed by atoms with Crippen molar-refractivity contribution in [2.45, 2.75) is 58.4 Å². The van der Waals surface area contributed by atoms with Gasteiger partial charge in [0.1, 0.15) is 12.4 Å². The van der Waals surface area contributed by atoms with Crippen LogP contribution in [0.5, 0.6) is 0 Å². The van der Waals surface area contributed by atoms with Crippen molar-refractivity contribution in [1.82, 2.24) is 19.7 Å². The highest BCUT2D eigenvalue weighted by Crippen LogP contribution is 2.26. The first-order valence-electron chi connectivity index (χ1n) is 10.0. The largest absolute Gasteiger partial charge is 0.318 e. The number of hydrogen-bond acceptors (Lipinski definition) is 3. The summed E-state index contributed by atoms with van der Waals surface area (Å²) >= 11 is 0. The fraction of sp³-hybridized carbons (Fsp3) is 0.476. The molecule has 1 aliphatic rings. The number of anilines is 1. The predicted molar refractivity (Wildman–Crippen MR) is 107 cm³/mol. The van der Waals surface area contributed by atoms with Gasteiger partial charge in [0.25, 0.3) is 0 Å². The summed E-state index contributed by atoms with van der Waals surface area (Å²) in [4.78, 5) is 17.2. The Kier molecular flexibility index (Phi) is 5.23. The zero-order valence-electron chi connectivity index (χ0n) is 15.9. The third kappa shape index (κ3) is 4.04. The Balaban J connectivity index is 1.41. The van der Waals surface area contributed by atoms with Crippen LogP contribution in [0.3, 0.4) is 0 Å². The lowest BCUT2D eigenvalue weighted by Gasteiger charge is -2.20. The van der Waals surface area contributed by atoms with Crippen LogP contribution < -0.4 is 5.32 Å².